The summed E-state index contributed by atoms with van der Waals surface area (Å²) in [4.78, 5) is 0. The van der Waals surface area contributed by atoms with Crippen LogP contribution in [0, 0.1) is 13.8 Å². The Hall–Kier alpha value is -1.96. The number of ether oxygens (including phenoxy) is 1. The van der Waals surface area contributed by atoms with E-state index in [1.807, 2.05) is 18.2 Å². The Morgan fingerprint density at radius 1 is 1.00 bits per heavy atom. The zero-order chi connectivity index (χ0) is 12.4. The largest absolute Gasteiger partial charge is 0.495 e. The third kappa shape index (κ3) is 2.26. The Labute approximate surface area is 102 Å². The zero-order valence-electron chi connectivity index (χ0n) is 10.4. The lowest BCUT2D eigenvalue weighted by molar-refractivity contribution is 0.417. The van der Waals surface area contributed by atoms with Gasteiger partial charge in [0.1, 0.15) is 5.75 Å². The van der Waals surface area contributed by atoms with Crippen molar-refractivity contribution in [2.24, 2.45) is 0 Å². The molecule has 0 unspecified atom stereocenters. The van der Waals surface area contributed by atoms with Crippen LogP contribution < -0.4 is 10.5 Å². The molecule has 0 saturated carbocycles. The maximum atomic E-state index is 5.92. The highest BCUT2D eigenvalue weighted by atomic mass is 16.5. The van der Waals surface area contributed by atoms with Crippen LogP contribution in [-0.4, -0.2) is 7.11 Å². The van der Waals surface area contributed by atoms with Gasteiger partial charge in [0.05, 0.1) is 12.8 Å². The van der Waals surface area contributed by atoms with Crippen LogP contribution in [0.5, 0.6) is 5.75 Å². The average Bonchev–Trinajstić information content (AvgIpc) is 2.29. The molecule has 88 valence electrons. The molecule has 0 aliphatic heterocycles. The van der Waals surface area contributed by atoms with Crippen LogP contribution >= 0.6 is 0 Å². The second-order valence-electron chi connectivity index (χ2n) is 4.28. The van der Waals surface area contributed by atoms with Gasteiger partial charge in [-0.1, -0.05) is 29.8 Å². The first-order chi connectivity index (χ1) is 8.11. The smallest absolute Gasteiger partial charge is 0.141 e. The summed E-state index contributed by atoms with van der Waals surface area (Å²) in [7, 11) is 1.63. The number of aryl methyl sites for hydroxylation is 2. The number of hydrogen-bond acceptors (Lipinski definition) is 2. The van der Waals surface area contributed by atoms with E-state index in [4.69, 9.17) is 10.5 Å². The fraction of sp³-hybridized carbons (Fsp3) is 0.200. The highest BCUT2D eigenvalue weighted by Crippen LogP contribution is 2.30. The molecule has 0 amide bonds. The van der Waals surface area contributed by atoms with Gasteiger partial charge in [-0.15, -0.1) is 0 Å². The van der Waals surface area contributed by atoms with Crippen LogP contribution in [0.3, 0.4) is 0 Å². The minimum Gasteiger partial charge on any atom is -0.495 e. The standard InChI is InChI=1S/C15H17NO/c1-10-4-6-13(11(2)8-10)12-5-7-15(17-3)14(16)9-12/h4-9H,16H2,1-3H3. The third-order valence-electron chi connectivity index (χ3n) is 2.92. The molecule has 0 atom stereocenters. The molecule has 2 nitrogen and oxygen atoms in total. The molecule has 0 spiro atoms. The number of methoxy groups -OCH3 is 1. The maximum Gasteiger partial charge on any atom is 0.141 e. The van der Waals surface area contributed by atoms with Crippen molar-refractivity contribution in [3.63, 3.8) is 0 Å². The van der Waals surface area contributed by atoms with E-state index < -0.39 is 0 Å². The summed E-state index contributed by atoms with van der Waals surface area (Å²) in [5, 5.41) is 0. The lowest BCUT2D eigenvalue weighted by Gasteiger charge is -2.10. The predicted octanol–water partition coefficient (Wildman–Crippen LogP) is 3.56. The number of anilines is 1. The fourth-order valence-corrected chi connectivity index (χ4v) is 2.04. The molecule has 17 heavy (non-hydrogen) atoms. The Bertz CT molecular complexity index is 547. The molecule has 0 fully saturated rings. The van der Waals surface area contributed by atoms with Gasteiger partial charge in [-0.2, -0.15) is 0 Å². The van der Waals surface area contributed by atoms with Crippen LogP contribution in [0.25, 0.3) is 11.1 Å². The molecule has 0 heterocycles. The summed E-state index contributed by atoms with van der Waals surface area (Å²) >= 11 is 0. The lowest BCUT2D eigenvalue weighted by Crippen LogP contribution is -1.93. The Balaban J connectivity index is 2.50. The van der Waals surface area contributed by atoms with Crippen LogP contribution in [0.2, 0.25) is 0 Å². The first-order valence-corrected chi connectivity index (χ1v) is 5.63. The number of nitrogens with two attached hydrogens (primary N) is 1. The van der Waals surface area contributed by atoms with Crippen molar-refractivity contribution < 1.29 is 4.74 Å². The van der Waals surface area contributed by atoms with Crippen molar-refractivity contribution in [2.45, 2.75) is 13.8 Å². The molecule has 2 N–H and O–H groups in total. The molecule has 2 heteroatoms. The van der Waals surface area contributed by atoms with Crippen molar-refractivity contribution in [1.82, 2.24) is 0 Å². The van der Waals surface area contributed by atoms with E-state index in [-0.39, 0.29) is 0 Å². The highest BCUT2D eigenvalue weighted by Gasteiger charge is 2.05. The zero-order valence-corrected chi connectivity index (χ0v) is 10.4. The lowest BCUT2D eigenvalue weighted by atomic mass is 9.98. The van der Waals surface area contributed by atoms with Crippen molar-refractivity contribution >= 4 is 5.69 Å². The van der Waals surface area contributed by atoms with Crippen molar-refractivity contribution in [3.05, 3.63) is 47.5 Å². The molecule has 0 bridgehead atoms. The number of hydrogen-bond donors (Lipinski definition) is 1. The van der Waals surface area contributed by atoms with E-state index in [0.29, 0.717) is 5.69 Å². The van der Waals surface area contributed by atoms with E-state index in [2.05, 4.69) is 32.0 Å². The van der Waals surface area contributed by atoms with Gasteiger partial charge in [-0.3, -0.25) is 0 Å². The van der Waals surface area contributed by atoms with Gasteiger partial charge in [0, 0.05) is 0 Å². The summed E-state index contributed by atoms with van der Waals surface area (Å²) < 4.78 is 5.16. The van der Waals surface area contributed by atoms with Gasteiger partial charge in [-0.05, 0) is 42.7 Å². The molecule has 0 aromatic heterocycles. The summed E-state index contributed by atoms with van der Waals surface area (Å²) in [6.45, 7) is 4.21. The van der Waals surface area contributed by atoms with E-state index in [1.165, 1.54) is 16.7 Å². The number of rotatable bonds is 2. The molecule has 0 aliphatic rings. The quantitative estimate of drug-likeness (QED) is 0.796. The number of benzene rings is 2. The average molecular weight is 227 g/mol. The molecule has 0 saturated heterocycles. The predicted molar refractivity (Wildman–Crippen MR) is 72.3 cm³/mol. The topological polar surface area (TPSA) is 35.2 Å². The van der Waals surface area contributed by atoms with Crippen LogP contribution in [0.1, 0.15) is 11.1 Å². The minimum absolute atomic E-state index is 0.671. The van der Waals surface area contributed by atoms with Gasteiger partial charge in [-0.25, -0.2) is 0 Å². The molecular weight excluding hydrogens is 210 g/mol. The van der Waals surface area contributed by atoms with Gasteiger partial charge in [0.2, 0.25) is 0 Å². The fourth-order valence-electron chi connectivity index (χ4n) is 2.04. The van der Waals surface area contributed by atoms with E-state index in [1.54, 1.807) is 7.11 Å². The molecule has 2 aromatic rings. The summed E-state index contributed by atoms with van der Waals surface area (Å²) in [6.07, 6.45) is 0. The van der Waals surface area contributed by atoms with Crippen molar-refractivity contribution in [3.8, 4) is 16.9 Å². The maximum absolute atomic E-state index is 5.92. The third-order valence-corrected chi connectivity index (χ3v) is 2.92. The molecule has 0 aliphatic carbocycles. The van der Waals surface area contributed by atoms with Gasteiger partial charge in [0.15, 0.2) is 0 Å². The van der Waals surface area contributed by atoms with Gasteiger partial charge in [0.25, 0.3) is 0 Å². The molecule has 2 aromatic carbocycles. The van der Waals surface area contributed by atoms with E-state index in [9.17, 15) is 0 Å². The van der Waals surface area contributed by atoms with E-state index >= 15 is 0 Å². The molecule has 0 radical (unpaired) electrons. The first-order valence-electron chi connectivity index (χ1n) is 5.63. The van der Waals surface area contributed by atoms with Crippen LogP contribution in [-0.2, 0) is 0 Å². The van der Waals surface area contributed by atoms with E-state index in [0.717, 1.165) is 11.3 Å². The number of nitrogen functional groups attached to an aromatic ring is 1. The highest BCUT2D eigenvalue weighted by molar-refractivity contribution is 5.73. The van der Waals surface area contributed by atoms with Crippen molar-refractivity contribution in [2.75, 3.05) is 12.8 Å². The monoisotopic (exact) mass is 227 g/mol. The van der Waals surface area contributed by atoms with Crippen molar-refractivity contribution in [1.29, 1.82) is 0 Å². The SMILES string of the molecule is COc1ccc(-c2ccc(C)cc2C)cc1N. The Morgan fingerprint density at radius 3 is 2.35 bits per heavy atom. The second-order valence-corrected chi connectivity index (χ2v) is 4.28. The Morgan fingerprint density at radius 2 is 1.76 bits per heavy atom. The van der Waals surface area contributed by atoms with Crippen LogP contribution in [0.4, 0.5) is 5.69 Å². The Kier molecular flexibility index (Phi) is 3.05. The summed E-state index contributed by atoms with van der Waals surface area (Å²) in [5.74, 6) is 0.721. The van der Waals surface area contributed by atoms with Crippen LogP contribution in [0.15, 0.2) is 36.4 Å². The summed E-state index contributed by atoms with van der Waals surface area (Å²) in [6, 6.07) is 12.3. The minimum atomic E-state index is 0.671. The van der Waals surface area contributed by atoms with Gasteiger partial charge < -0.3 is 10.5 Å². The molecular formula is C15H17NO. The first kappa shape index (κ1) is 11.5. The second kappa shape index (κ2) is 4.50. The normalized spacial score (nSPS) is 10.3. The van der Waals surface area contributed by atoms with Gasteiger partial charge >= 0.3 is 0 Å². The summed E-state index contributed by atoms with van der Waals surface area (Å²) in [5.41, 5.74) is 11.5. The molecule has 2 rings (SSSR count).